The first kappa shape index (κ1) is 13.2. The van der Waals surface area contributed by atoms with Crippen LogP contribution in [0.1, 0.15) is 19.8 Å². The van der Waals surface area contributed by atoms with E-state index in [0.29, 0.717) is 18.5 Å². The van der Waals surface area contributed by atoms with Gasteiger partial charge in [-0.15, -0.1) is 0 Å². The summed E-state index contributed by atoms with van der Waals surface area (Å²) in [6.07, 6.45) is 1.87. The number of nitrogens with two attached hydrogens (primary N) is 1. The lowest BCUT2D eigenvalue weighted by molar-refractivity contribution is -0.146. The van der Waals surface area contributed by atoms with Gasteiger partial charge in [0.2, 0.25) is 6.41 Å². The molecule has 17 heavy (non-hydrogen) atoms. The molecule has 0 unspecified atom stereocenters. The number of nitrogens with zero attached hydrogens (tertiary/aromatic N) is 1. The highest BCUT2D eigenvalue weighted by molar-refractivity contribution is 5.88. The molecule has 5 heteroatoms. The van der Waals surface area contributed by atoms with Crippen LogP contribution in [-0.2, 0) is 14.4 Å². The average Bonchev–Trinajstić information content (AvgIpc) is 2.39. The molecule has 0 saturated heterocycles. The lowest BCUT2D eigenvalue weighted by atomic mass is 10.1. The Hall–Kier alpha value is -1.88. The number of amides is 1. The van der Waals surface area contributed by atoms with E-state index in [1.54, 1.807) is 24.3 Å². The minimum atomic E-state index is -0.676. The van der Waals surface area contributed by atoms with Crippen molar-refractivity contribution in [2.24, 2.45) is 5.90 Å². The third-order valence-electron chi connectivity index (χ3n) is 2.45. The smallest absolute Gasteiger partial charge is 0.347 e. The van der Waals surface area contributed by atoms with Gasteiger partial charge >= 0.3 is 5.97 Å². The summed E-state index contributed by atoms with van der Waals surface area (Å²) in [6, 6.07) is 8.25. The van der Waals surface area contributed by atoms with Gasteiger partial charge in [0, 0.05) is 5.69 Å². The van der Waals surface area contributed by atoms with Gasteiger partial charge in [0.1, 0.15) is 6.04 Å². The second-order valence-corrected chi connectivity index (χ2v) is 3.59. The van der Waals surface area contributed by atoms with E-state index >= 15 is 0 Å². The summed E-state index contributed by atoms with van der Waals surface area (Å²) in [5, 5.41) is 0. The molecule has 1 aromatic rings. The number of hydrogen-bond donors (Lipinski definition) is 1. The highest BCUT2D eigenvalue weighted by Crippen LogP contribution is 2.18. The van der Waals surface area contributed by atoms with Gasteiger partial charge in [-0.2, -0.15) is 5.90 Å². The van der Waals surface area contributed by atoms with Crippen molar-refractivity contribution in [2.45, 2.75) is 25.8 Å². The summed E-state index contributed by atoms with van der Waals surface area (Å²) < 4.78 is 0. The van der Waals surface area contributed by atoms with E-state index < -0.39 is 12.0 Å². The van der Waals surface area contributed by atoms with E-state index in [0.717, 1.165) is 6.42 Å². The quantitative estimate of drug-likeness (QED) is 0.595. The van der Waals surface area contributed by atoms with Crippen molar-refractivity contribution in [3.8, 4) is 0 Å². The molecular formula is C12H16N2O3. The molecule has 0 spiro atoms. The monoisotopic (exact) mass is 236 g/mol. The first-order valence-electron chi connectivity index (χ1n) is 5.43. The zero-order valence-electron chi connectivity index (χ0n) is 9.70. The molecule has 5 nitrogen and oxygen atoms in total. The number of anilines is 1. The molecule has 1 amide bonds. The maximum atomic E-state index is 11.5. The topological polar surface area (TPSA) is 72.6 Å². The molecule has 0 aromatic heterocycles. The summed E-state index contributed by atoms with van der Waals surface area (Å²) in [7, 11) is 0. The van der Waals surface area contributed by atoms with Crippen LogP contribution in [0.4, 0.5) is 5.69 Å². The number of benzene rings is 1. The fraction of sp³-hybridized carbons (Fsp3) is 0.333. The molecule has 0 heterocycles. The molecule has 92 valence electrons. The van der Waals surface area contributed by atoms with E-state index in [4.69, 9.17) is 5.90 Å². The van der Waals surface area contributed by atoms with Crippen LogP contribution in [0.2, 0.25) is 0 Å². The van der Waals surface area contributed by atoms with Crippen molar-refractivity contribution >= 4 is 18.1 Å². The van der Waals surface area contributed by atoms with Crippen LogP contribution >= 0.6 is 0 Å². The standard InChI is InChI=1S/C12H16N2O3/c1-2-6-11(12(16)17-13)14(9-15)10-7-4-3-5-8-10/h3-5,7-9,11H,2,6,13H2,1H3/t11-/m0/s1. The van der Waals surface area contributed by atoms with Gasteiger partial charge in [0.05, 0.1) is 0 Å². The van der Waals surface area contributed by atoms with Gasteiger partial charge in [-0.05, 0) is 18.6 Å². The second kappa shape index (κ2) is 6.65. The van der Waals surface area contributed by atoms with E-state index in [9.17, 15) is 9.59 Å². The first-order valence-corrected chi connectivity index (χ1v) is 5.43. The Labute approximate surface area is 100 Å². The maximum Gasteiger partial charge on any atom is 0.347 e. The predicted molar refractivity (Wildman–Crippen MR) is 64.0 cm³/mol. The Bertz CT molecular complexity index is 367. The van der Waals surface area contributed by atoms with Gasteiger partial charge in [0.15, 0.2) is 0 Å². The SMILES string of the molecule is CCC[C@@H](C(=O)ON)N(C=O)c1ccccc1. The molecule has 0 aliphatic rings. The lowest BCUT2D eigenvalue weighted by Gasteiger charge is -2.25. The van der Waals surface area contributed by atoms with E-state index in [-0.39, 0.29) is 0 Å². The molecule has 0 saturated carbocycles. The lowest BCUT2D eigenvalue weighted by Crippen LogP contribution is -2.42. The Balaban J connectivity index is 2.97. The predicted octanol–water partition coefficient (Wildman–Crippen LogP) is 1.23. The first-order chi connectivity index (χ1) is 8.24. The van der Waals surface area contributed by atoms with Crippen molar-refractivity contribution < 1.29 is 14.4 Å². The third kappa shape index (κ3) is 3.29. The Morgan fingerprint density at radius 2 is 2.12 bits per heavy atom. The van der Waals surface area contributed by atoms with Crippen LogP contribution in [-0.4, -0.2) is 18.4 Å². The zero-order valence-corrected chi connectivity index (χ0v) is 9.70. The molecule has 0 fully saturated rings. The Morgan fingerprint density at radius 1 is 1.47 bits per heavy atom. The molecule has 1 aromatic carbocycles. The number of para-hydroxylation sites is 1. The number of carbonyl (C=O) groups is 2. The van der Waals surface area contributed by atoms with Crippen LogP contribution in [0.15, 0.2) is 30.3 Å². The van der Waals surface area contributed by atoms with Crippen LogP contribution in [0, 0.1) is 0 Å². The van der Waals surface area contributed by atoms with Crippen LogP contribution in [0.3, 0.4) is 0 Å². The minimum Gasteiger partial charge on any atom is -0.372 e. The maximum absolute atomic E-state index is 11.5. The minimum absolute atomic E-state index is 0.504. The second-order valence-electron chi connectivity index (χ2n) is 3.59. The molecule has 0 bridgehead atoms. The number of rotatable bonds is 6. The molecule has 2 N–H and O–H groups in total. The summed E-state index contributed by atoms with van der Waals surface area (Å²) in [4.78, 5) is 28.2. The molecule has 0 aliphatic carbocycles. The Kier molecular flexibility index (Phi) is 5.16. The summed E-state index contributed by atoms with van der Waals surface area (Å²) in [6.45, 7) is 1.92. The van der Waals surface area contributed by atoms with Gasteiger partial charge < -0.3 is 9.74 Å². The highest BCUT2D eigenvalue weighted by Gasteiger charge is 2.26. The number of carbonyl (C=O) groups excluding carboxylic acids is 2. The van der Waals surface area contributed by atoms with E-state index in [1.165, 1.54) is 4.90 Å². The molecule has 1 atom stereocenters. The van der Waals surface area contributed by atoms with Gasteiger partial charge in [-0.1, -0.05) is 31.5 Å². The summed E-state index contributed by atoms with van der Waals surface area (Å²) >= 11 is 0. The highest BCUT2D eigenvalue weighted by atomic mass is 16.7. The third-order valence-corrected chi connectivity index (χ3v) is 2.45. The fourth-order valence-corrected chi connectivity index (χ4v) is 1.64. The van der Waals surface area contributed by atoms with Crippen LogP contribution in [0.25, 0.3) is 0 Å². The fourth-order valence-electron chi connectivity index (χ4n) is 1.64. The average molecular weight is 236 g/mol. The molecule has 1 rings (SSSR count). The normalized spacial score (nSPS) is 11.6. The van der Waals surface area contributed by atoms with Crippen molar-refractivity contribution in [3.63, 3.8) is 0 Å². The molecule has 0 radical (unpaired) electrons. The van der Waals surface area contributed by atoms with Gasteiger partial charge in [-0.25, -0.2) is 4.79 Å². The van der Waals surface area contributed by atoms with Crippen molar-refractivity contribution in [3.05, 3.63) is 30.3 Å². The van der Waals surface area contributed by atoms with E-state index in [2.05, 4.69) is 4.84 Å². The van der Waals surface area contributed by atoms with Gasteiger partial charge in [-0.3, -0.25) is 4.79 Å². The largest absolute Gasteiger partial charge is 0.372 e. The Morgan fingerprint density at radius 3 is 2.59 bits per heavy atom. The van der Waals surface area contributed by atoms with Crippen LogP contribution < -0.4 is 10.8 Å². The van der Waals surface area contributed by atoms with E-state index in [1.807, 2.05) is 13.0 Å². The zero-order chi connectivity index (χ0) is 12.7. The van der Waals surface area contributed by atoms with Crippen LogP contribution in [0.5, 0.6) is 0 Å². The van der Waals surface area contributed by atoms with Crippen molar-refractivity contribution in [1.82, 2.24) is 0 Å². The molecule has 0 aliphatic heterocycles. The summed E-state index contributed by atoms with van der Waals surface area (Å²) in [5.41, 5.74) is 0.645. The van der Waals surface area contributed by atoms with Crippen molar-refractivity contribution in [2.75, 3.05) is 4.90 Å². The molecular weight excluding hydrogens is 220 g/mol. The van der Waals surface area contributed by atoms with Gasteiger partial charge in [0.25, 0.3) is 0 Å². The van der Waals surface area contributed by atoms with Crippen molar-refractivity contribution in [1.29, 1.82) is 0 Å². The summed E-state index contributed by atoms with van der Waals surface area (Å²) in [5.74, 6) is 4.27. The number of hydrogen-bond acceptors (Lipinski definition) is 4.